The quantitative estimate of drug-likeness (QED) is 0.911. The van der Waals surface area contributed by atoms with Crippen LogP contribution >= 0.6 is 22.7 Å². The molecule has 2 aromatic heterocycles. The Balaban J connectivity index is 1.67. The van der Waals surface area contributed by atoms with Crippen molar-refractivity contribution in [3.63, 3.8) is 0 Å². The molecule has 1 fully saturated rings. The minimum Gasteiger partial charge on any atom is -0.338 e. The van der Waals surface area contributed by atoms with Gasteiger partial charge in [0.1, 0.15) is 9.88 Å². The van der Waals surface area contributed by atoms with Crippen molar-refractivity contribution in [2.75, 3.05) is 32.7 Å². The van der Waals surface area contributed by atoms with E-state index in [4.69, 9.17) is 0 Å². The van der Waals surface area contributed by atoms with Crippen molar-refractivity contribution >= 4 is 34.6 Å². The van der Waals surface area contributed by atoms with Crippen LogP contribution in [0.15, 0.2) is 17.5 Å². The van der Waals surface area contributed by atoms with Gasteiger partial charge in [-0.05, 0) is 25.3 Å². The van der Waals surface area contributed by atoms with E-state index >= 15 is 0 Å². The summed E-state index contributed by atoms with van der Waals surface area (Å²) < 4.78 is 0. The van der Waals surface area contributed by atoms with E-state index < -0.39 is 0 Å². The molecule has 0 bridgehead atoms. The number of carbonyl (C=O) groups is 2. The average molecular weight is 364 g/mol. The standard InChI is InChI=1S/C16H20N4O2S2/c1-3-17-16(22)20-8-6-19(7-9-20)15(21)13-11(2)18-14(24-13)12-5-4-10-23-12/h4-5,10H,3,6-9H2,1-2H3,(H,17,22). The van der Waals surface area contributed by atoms with Gasteiger partial charge < -0.3 is 15.1 Å². The molecule has 0 saturated carbocycles. The van der Waals surface area contributed by atoms with Crippen LogP contribution in [-0.4, -0.2) is 59.4 Å². The smallest absolute Gasteiger partial charge is 0.317 e. The molecule has 1 saturated heterocycles. The molecular formula is C16H20N4O2S2. The Kier molecular flexibility index (Phi) is 5.15. The first-order valence-corrected chi connectivity index (χ1v) is 9.63. The fraction of sp³-hybridized carbons (Fsp3) is 0.438. The third-order valence-electron chi connectivity index (χ3n) is 3.90. The number of aryl methyl sites for hydroxylation is 1. The van der Waals surface area contributed by atoms with Crippen molar-refractivity contribution in [2.24, 2.45) is 0 Å². The lowest BCUT2D eigenvalue weighted by atomic mass is 10.3. The Morgan fingerprint density at radius 2 is 1.96 bits per heavy atom. The molecule has 0 atom stereocenters. The fourth-order valence-electron chi connectivity index (χ4n) is 2.62. The maximum Gasteiger partial charge on any atom is 0.317 e. The third-order valence-corrected chi connectivity index (χ3v) is 6.09. The number of amides is 3. The Bertz CT molecular complexity index is 719. The van der Waals surface area contributed by atoms with Gasteiger partial charge in [-0.25, -0.2) is 9.78 Å². The molecule has 128 valence electrons. The van der Waals surface area contributed by atoms with Gasteiger partial charge in [-0.15, -0.1) is 22.7 Å². The van der Waals surface area contributed by atoms with Crippen LogP contribution < -0.4 is 5.32 Å². The molecule has 1 aliphatic rings. The largest absolute Gasteiger partial charge is 0.338 e. The number of hydrogen-bond donors (Lipinski definition) is 1. The molecule has 0 unspecified atom stereocenters. The van der Waals surface area contributed by atoms with Crippen LogP contribution in [0.2, 0.25) is 0 Å². The average Bonchev–Trinajstić information content (AvgIpc) is 3.24. The fourth-order valence-corrected chi connectivity index (χ4v) is 4.45. The number of carbonyl (C=O) groups excluding carboxylic acids is 2. The zero-order valence-electron chi connectivity index (χ0n) is 13.7. The lowest BCUT2D eigenvalue weighted by Crippen LogP contribution is -2.53. The molecular weight excluding hydrogens is 344 g/mol. The second kappa shape index (κ2) is 7.31. The molecule has 1 N–H and O–H groups in total. The van der Waals surface area contributed by atoms with Crippen molar-refractivity contribution in [3.05, 3.63) is 28.1 Å². The van der Waals surface area contributed by atoms with Crippen LogP contribution in [0, 0.1) is 6.92 Å². The first-order valence-electron chi connectivity index (χ1n) is 7.93. The van der Waals surface area contributed by atoms with Crippen molar-refractivity contribution < 1.29 is 9.59 Å². The van der Waals surface area contributed by atoms with Crippen molar-refractivity contribution in [1.29, 1.82) is 0 Å². The Morgan fingerprint density at radius 1 is 1.25 bits per heavy atom. The van der Waals surface area contributed by atoms with Crippen LogP contribution in [0.25, 0.3) is 9.88 Å². The predicted octanol–water partition coefficient (Wildman–Crippen LogP) is 2.67. The zero-order valence-corrected chi connectivity index (χ0v) is 15.4. The van der Waals surface area contributed by atoms with E-state index in [1.165, 1.54) is 11.3 Å². The van der Waals surface area contributed by atoms with Crippen LogP contribution in [-0.2, 0) is 0 Å². The van der Waals surface area contributed by atoms with Crippen molar-refractivity contribution in [1.82, 2.24) is 20.1 Å². The Hall–Kier alpha value is -1.93. The highest BCUT2D eigenvalue weighted by atomic mass is 32.1. The Morgan fingerprint density at radius 3 is 2.58 bits per heavy atom. The molecule has 3 amide bonds. The van der Waals surface area contributed by atoms with Crippen LogP contribution in [0.1, 0.15) is 22.3 Å². The number of urea groups is 1. The van der Waals surface area contributed by atoms with Crippen molar-refractivity contribution in [2.45, 2.75) is 13.8 Å². The van der Waals surface area contributed by atoms with Gasteiger partial charge in [0.2, 0.25) is 0 Å². The molecule has 0 aromatic carbocycles. The van der Waals surface area contributed by atoms with Gasteiger partial charge in [-0.2, -0.15) is 0 Å². The second-order valence-electron chi connectivity index (χ2n) is 5.53. The summed E-state index contributed by atoms with van der Waals surface area (Å²) in [4.78, 5) is 34.5. The van der Waals surface area contributed by atoms with E-state index in [0.29, 0.717) is 37.6 Å². The van der Waals surface area contributed by atoms with Gasteiger partial charge in [0.05, 0.1) is 10.6 Å². The zero-order chi connectivity index (χ0) is 17.1. The van der Waals surface area contributed by atoms with Gasteiger partial charge in [0.15, 0.2) is 0 Å². The second-order valence-corrected chi connectivity index (χ2v) is 7.47. The predicted molar refractivity (Wildman–Crippen MR) is 96.7 cm³/mol. The Labute approximate surface area is 149 Å². The summed E-state index contributed by atoms with van der Waals surface area (Å²) in [6, 6.07) is 3.94. The summed E-state index contributed by atoms with van der Waals surface area (Å²) in [6.07, 6.45) is 0. The number of aromatic nitrogens is 1. The van der Waals surface area contributed by atoms with E-state index in [-0.39, 0.29) is 11.9 Å². The highest BCUT2D eigenvalue weighted by Gasteiger charge is 2.27. The third kappa shape index (κ3) is 3.44. The van der Waals surface area contributed by atoms with E-state index in [0.717, 1.165) is 15.6 Å². The molecule has 3 rings (SSSR count). The normalized spacial score (nSPS) is 14.8. The van der Waals surface area contributed by atoms with Gasteiger partial charge in [0, 0.05) is 32.7 Å². The SMILES string of the molecule is CCNC(=O)N1CCN(C(=O)c2sc(-c3cccs3)nc2C)CC1. The number of thiophene rings is 1. The summed E-state index contributed by atoms with van der Waals surface area (Å²) in [5, 5.41) is 5.70. The molecule has 1 aliphatic heterocycles. The van der Waals surface area contributed by atoms with Crippen molar-refractivity contribution in [3.8, 4) is 9.88 Å². The lowest BCUT2D eigenvalue weighted by Gasteiger charge is -2.34. The molecule has 24 heavy (non-hydrogen) atoms. The molecule has 8 heteroatoms. The maximum absolute atomic E-state index is 12.8. The summed E-state index contributed by atoms with van der Waals surface area (Å²) >= 11 is 3.07. The summed E-state index contributed by atoms with van der Waals surface area (Å²) in [5.41, 5.74) is 0.777. The molecule has 3 heterocycles. The van der Waals surface area contributed by atoms with Crippen LogP contribution in [0.4, 0.5) is 4.79 Å². The van der Waals surface area contributed by atoms with Crippen LogP contribution in [0.5, 0.6) is 0 Å². The molecule has 0 radical (unpaired) electrons. The maximum atomic E-state index is 12.8. The number of nitrogens with zero attached hydrogens (tertiary/aromatic N) is 3. The number of hydrogen-bond acceptors (Lipinski definition) is 5. The number of thiazole rings is 1. The molecule has 2 aromatic rings. The highest BCUT2D eigenvalue weighted by Crippen LogP contribution is 2.31. The minimum absolute atomic E-state index is 0.0170. The molecule has 0 spiro atoms. The summed E-state index contributed by atoms with van der Waals surface area (Å²) in [7, 11) is 0. The van der Waals surface area contributed by atoms with E-state index in [1.54, 1.807) is 16.2 Å². The molecule has 6 nitrogen and oxygen atoms in total. The lowest BCUT2D eigenvalue weighted by molar-refractivity contribution is 0.0669. The van der Waals surface area contributed by atoms with Gasteiger partial charge in [-0.1, -0.05) is 6.07 Å². The first-order chi connectivity index (χ1) is 11.6. The number of piperazine rings is 1. The van der Waals surface area contributed by atoms with Gasteiger partial charge in [0.25, 0.3) is 5.91 Å². The number of nitrogens with one attached hydrogen (secondary N) is 1. The van der Waals surface area contributed by atoms with Gasteiger partial charge >= 0.3 is 6.03 Å². The van der Waals surface area contributed by atoms with E-state index in [1.807, 2.05) is 36.3 Å². The monoisotopic (exact) mass is 364 g/mol. The number of rotatable bonds is 3. The summed E-state index contributed by atoms with van der Waals surface area (Å²) in [6.45, 7) is 6.63. The summed E-state index contributed by atoms with van der Waals surface area (Å²) in [5.74, 6) is 0.0170. The topological polar surface area (TPSA) is 65.5 Å². The molecule has 0 aliphatic carbocycles. The van der Waals surface area contributed by atoms with Crippen LogP contribution in [0.3, 0.4) is 0 Å². The first kappa shape index (κ1) is 16.9. The van der Waals surface area contributed by atoms with E-state index in [9.17, 15) is 9.59 Å². The van der Waals surface area contributed by atoms with Gasteiger partial charge in [-0.3, -0.25) is 4.79 Å². The minimum atomic E-state index is -0.0569. The van der Waals surface area contributed by atoms with E-state index in [2.05, 4.69) is 10.3 Å². The highest BCUT2D eigenvalue weighted by molar-refractivity contribution is 7.22.